The summed E-state index contributed by atoms with van der Waals surface area (Å²) in [7, 11) is 0. The minimum Gasteiger partial charge on any atom is -0.454 e. The van der Waals surface area contributed by atoms with Crippen LogP contribution in [0.5, 0.6) is 11.5 Å². The number of benzene rings is 1. The summed E-state index contributed by atoms with van der Waals surface area (Å²) in [5, 5.41) is 11.3. The Bertz CT molecular complexity index is 527. The fraction of sp³-hybridized carbons (Fsp3) is 0.538. The van der Waals surface area contributed by atoms with Crippen LogP contribution in [0.1, 0.15) is 6.92 Å². The number of fused-ring (bicyclic) bond motifs is 1. The van der Waals surface area contributed by atoms with Gasteiger partial charge in [-0.2, -0.15) is 0 Å². The molecule has 0 unspecified atom stereocenters. The maximum Gasteiger partial charge on any atom is 0.296 e. The predicted octanol–water partition coefficient (Wildman–Crippen LogP) is 1.47. The first-order chi connectivity index (χ1) is 9.69. The molecule has 2 aliphatic rings. The van der Waals surface area contributed by atoms with Gasteiger partial charge in [-0.05, 0) is 6.54 Å². The second-order valence-corrected chi connectivity index (χ2v) is 4.87. The van der Waals surface area contributed by atoms with Gasteiger partial charge in [0, 0.05) is 32.2 Å². The second kappa shape index (κ2) is 5.16. The highest BCUT2D eigenvalue weighted by Gasteiger charge is 2.28. The number of nitro benzene ring substituents is 1. The van der Waals surface area contributed by atoms with Crippen molar-refractivity contribution in [2.45, 2.75) is 6.92 Å². The van der Waals surface area contributed by atoms with Crippen molar-refractivity contribution in [2.24, 2.45) is 0 Å². The van der Waals surface area contributed by atoms with Gasteiger partial charge < -0.3 is 19.3 Å². The lowest BCUT2D eigenvalue weighted by Crippen LogP contribution is -2.46. The summed E-state index contributed by atoms with van der Waals surface area (Å²) in [4.78, 5) is 15.3. The molecule has 2 heterocycles. The maximum absolute atomic E-state index is 11.3. The highest BCUT2D eigenvalue weighted by molar-refractivity contribution is 5.70. The van der Waals surface area contributed by atoms with E-state index in [9.17, 15) is 10.1 Å². The Hall–Kier alpha value is -2.02. The molecule has 0 saturated carbocycles. The third-order valence-electron chi connectivity index (χ3n) is 3.83. The predicted molar refractivity (Wildman–Crippen MR) is 73.5 cm³/mol. The van der Waals surface area contributed by atoms with Crippen molar-refractivity contribution in [3.63, 3.8) is 0 Å². The van der Waals surface area contributed by atoms with E-state index in [1.165, 1.54) is 6.07 Å². The summed E-state index contributed by atoms with van der Waals surface area (Å²) in [5.74, 6) is 1.04. The molecule has 0 atom stereocenters. The molecule has 1 aromatic rings. The third kappa shape index (κ3) is 2.24. The number of piperazine rings is 1. The molecule has 1 aromatic carbocycles. The molecule has 3 rings (SSSR count). The van der Waals surface area contributed by atoms with Crippen LogP contribution in [0.15, 0.2) is 12.1 Å². The number of hydrogen-bond acceptors (Lipinski definition) is 6. The number of ether oxygens (including phenoxy) is 2. The van der Waals surface area contributed by atoms with Crippen LogP contribution < -0.4 is 14.4 Å². The van der Waals surface area contributed by atoms with Gasteiger partial charge in [0.15, 0.2) is 11.5 Å². The smallest absolute Gasteiger partial charge is 0.296 e. The highest BCUT2D eigenvalue weighted by Crippen LogP contribution is 2.42. The molecule has 0 amide bonds. The molecule has 1 saturated heterocycles. The van der Waals surface area contributed by atoms with Crippen molar-refractivity contribution >= 4 is 11.4 Å². The molecule has 2 aliphatic heterocycles. The highest BCUT2D eigenvalue weighted by atomic mass is 16.7. The lowest BCUT2D eigenvalue weighted by atomic mass is 10.2. The first-order valence-electron chi connectivity index (χ1n) is 6.74. The molecule has 7 heteroatoms. The third-order valence-corrected chi connectivity index (χ3v) is 3.83. The standard InChI is InChI=1S/C13H17N3O4/c1-2-14-3-5-15(6-4-14)10-7-12-13(20-9-19-12)8-11(10)16(17)18/h7-8H,2-6,9H2,1H3. The van der Waals surface area contributed by atoms with Crippen LogP contribution in [0.3, 0.4) is 0 Å². The number of anilines is 1. The molecule has 0 aliphatic carbocycles. The van der Waals surface area contributed by atoms with E-state index in [1.54, 1.807) is 6.07 Å². The van der Waals surface area contributed by atoms with E-state index >= 15 is 0 Å². The summed E-state index contributed by atoms with van der Waals surface area (Å²) >= 11 is 0. The van der Waals surface area contributed by atoms with E-state index in [4.69, 9.17) is 9.47 Å². The van der Waals surface area contributed by atoms with Crippen LogP contribution in [-0.4, -0.2) is 49.3 Å². The van der Waals surface area contributed by atoms with Gasteiger partial charge >= 0.3 is 0 Å². The Morgan fingerprint density at radius 3 is 2.45 bits per heavy atom. The van der Waals surface area contributed by atoms with Gasteiger partial charge in [0.25, 0.3) is 5.69 Å². The molecule has 7 nitrogen and oxygen atoms in total. The zero-order chi connectivity index (χ0) is 14.1. The molecule has 0 radical (unpaired) electrons. The Labute approximate surface area is 116 Å². The van der Waals surface area contributed by atoms with E-state index < -0.39 is 0 Å². The van der Waals surface area contributed by atoms with Gasteiger partial charge in [0.1, 0.15) is 5.69 Å². The normalized spacial score (nSPS) is 18.4. The SMILES string of the molecule is CCN1CCN(c2cc3c(cc2[N+](=O)[O-])OCO3)CC1. The van der Waals surface area contributed by atoms with E-state index in [0.29, 0.717) is 17.2 Å². The van der Waals surface area contributed by atoms with Crippen LogP contribution >= 0.6 is 0 Å². The van der Waals surface area contributed by atoms with Crippen molar-refractivity contribution in [2.75, 3.05) is 44.4 Å². The Morgan fingerprint density at radius 2 is 1.85 bits per heavy atom. The second-order valence-electron chi connectivity index (χ2n) is 4.87. The molecule has 0 spiro atoms. The van der Waals surface area contributed by atoms with Crippen LogP contribution in [0.25, 0.3) is 0 Å². The lowest BCUT2D eigenvalue weighted by Gasteiger charge is -2.35. The summed E-state index contributed by atoms with van der Waals surface area (Å²) in [6.45, 7) is 6.67. The molecule has 0 bridgehead atoms. The average molecular weight is 279 g/mol. The van der Waals surface area contributed by atoms with Crippen LogP contribution in [0, 0.1) is 10.1 Å². The summed E-state index contributed by atoms with van der Waals surface area (Å²) < 4.78 is 10.5. The number of hydrogen-bond donors (Lipinski definition) is 0. The molecule has 1 fully saturated rings. The van der Waals surface area contributed by atoms with Crippen molar-refractivity contribution < 1.29 is 14.4 Å². The molecule has 0 aromatic heterocycles. The van der Waals surface area contributed by atoms with E-state index in [1.807, 2.05) is 4.90 Å². The summed E-state index contributed by atoms with van der Waals surface area (Å²) in [6, 6.07) is 3.19. The fourth-order valence-electron chi connectivity index (χ4n) is 2.63. The van der Waals surface area contributed by atoms with Gasteiger partial charge in [-0.1, -0.05) is 6.92 Å². The molecular weight excluding hydrogens is 262 g/mol. The van der Waals surface area contributed by atoms with Crippen molar-refractivity contribution in [3.05, 3.63) is 22.2 Å². The fourth-order valence-corrected chi connectivity index (χ4v) is 2.63. The monoisotopic (exact) mass is 279 g/mol. The Morgan fingerprint density at radius 1 is 1.20 bits per heavy atom. The topological polar surface area (TPSA) is 68.1 Å². The number of likely N-dealkylation sites (N-methyl/N-ethyl adjacent to an activating group) is 1. The molecule has 20 heavy (non-hydrogen) atoms. The van der Waals surface area contributed by atoms with Crippen molar-refractivity contribution in [1.82, 2.24) is 4.90 Å². The van der Waals surface area contributed by atoms with Crippen LogP contribution in [0.2, 0.25) is 0 Å². The van der Waals surface area contributed by atoms with Crippen molar-refractivity contribution in [3.8, 4) is 11.5 Å². The van der Waals surface area contributed by atoms with E-state index in [-0.39, 0.29) is 17.4 Å². The number of nitrogens with zero attached hydrogens (tertiary/aromatic N) is 3. The van der Waals surface area contributed by atoms with Crippen LogP contribution in [-0.2, 0) is 0 Å². The summed E-state index contributed by atoms with van der Waals surface area (Å²) in [5.41, 5.74) is 0.703. The molecular formula is C13H17N3O4. The van der Waals surface area contributed by atoms with E-state index in [0.717, 1.165) is 32.7 Å². The Kier molecular flexibility index (Phi) is 3.35. The Balaban J connectivity index is 1.90. The summed E-state index contributed by atoms with van der Waals surface area (Å²) in [6.07, 6.45) is 0. The number of rotatable bonds is 3. The molecule has 0 N–H and O–H groups in total. The van der Waals surface area contributed by atoms with Crippen molar-refractivity contribution in [1.29, 1.82) is 0 Å². The average Bonchev–Trinajstić information content (AvgIpc) is 2.93. The first kappa shape index (κ1) is 13.0. The van der Waals surface area contributed by atoms with Gasteiger partial charge in [-0.15, -0.1) is 0 Å². The lowest BCUT2D eigenvalue weighted by molar-refractivity contribution is -0.384. The zero-order valence-corrected chi connectivity index (χ0v) is 11.4. The van der Waals surface area contributed by atoms with Gasteiger partial charge in [0.05, 0.1) is 11.0 Å². The number of nitro groups is 1. The maximum atomic E-state index is 11.3. The van der Waals surface area contributed by atoms with Gasteiger partial charge in [-0.3, -0.25) is 10.1 Å². The van der Waals surface area contributed by atoms with Crippen LogP contribution in [0.4, 0.5) is 11.4 Å². The minimum absolute atomic E-state index is 0.0826. The largest absolute Gasteiger partial charge is 0.454 e. The minimum atomic E-state index is -0.358. The first-order valence-corrected chi connectivity index (χ1v) is 6.74. The quantitative estimate of drug-likeness (QED) is 0.616. The van der Waals surface area contributed by atoms with Gasteiger partial charge in [-0.25, -0.2) is 0 Å². The van der Waals surface area contributed by atoms with Gasteiger partial charge in [0.2, 0.25) is 6.79 Å². The zero-order valence-electron chi connectivity index (χ0n) is 11.4. The van der Waals surface area contributed by atoms with E-state index in [2.05, 4.69) is 11.8 Å². The molecule has 108 valence electrons.